The molecule has 0 spiro atoms. The van der Waals surface area contributed by atoms with Crippen LogP contribution in [0.1, 0.15) is 5.89 Å². The summed E-state index contributed by atoms with van der Waals surface area (Å²) >= 11 is 5.68. The van der Waals surface area contributed by atoms with Gasteiger partial charge in [0.25, 0.3) is 0 Å². The zero-order valence-electron chi connectivity index (χ0n) is 10.1. The lowest BCUT2D eigenvalue weighted by atomic mass is 10.3. The predicted molar refractivity (Wildman–Crippen MR) is 70.7 cm³/mol. The van der Waals surface area contributed by atoms with Gasteiger partial charge in [-0.15, -0.1) is 0 Å². The lowest BCUT2D eigenvalue weighted by Crippen LogP contribution is -2.01. The van der Waals surface area contributed by atoms with Gasteiger partial charge < -0.3 is 14.3 Å². The van der Waals surface area contributed by atoms with Gasteiger partial charge in [-0.1, -0.05) is 16.8 Å². The first-order chi connectivity index (χ1) is 9.72. The van der Waals surface area contributed by atoms with Crippen LogP contribution < -0.4 is 5.32 Å². The van der Waals surface area contributed by atoms with Crippen molar-refractivity contribution in [2.45, 2.75) is 6.54 Å². The molecule has 7 heteroatoms. The Kier molecular flexibility index (Phi) is 3.39. The Morgan fingerprint density at radius 1 is 1.30 bits per heavy atom. The largest absolute Gasteiger partial charge is 0.461 e. The van der Waals surface area contributed by atoms with E-state index in [1.807, 2.05) is 0 Å². The molecule has 0 aliphatic carbocycles. The molecule has 0 amide bonds. The summed E-state index contributed by atoms with van der Waals surface area (Å²) < 4.78 is 23.7. The van der Waals surface area contributed by atoms with Crippen LogP contribution in [-0.2, 0) is 6.54 Å². The maximum absolute atomic E-state index is 13.6. The molecule has 2 aromatic heterocycles. The summed E-state index contributed by atoms with van der Waals surface area (Å²) in [6, 6.07) is 7.82. The Morgan fingerprint density at radius 3 is 2.95 bits per heavy atom. The van der Waals surface area contributed by atoms with Crippen LogP contribution in [0.3, 0.4) is 0 Å². The second kappa shape index (κ2) is 5.34. The van der Waals surface area contributed by atoms with Crippen LogP contribution in [0.25, 0.3) is 11.6 Å². The third-order valence-electron chi connectivity index (χ3n) is 2.57. The highest BCUT2D eigenvalue weighted by molar-refractivity contribution is 6.30. The molecule has 0 radical (unpaired) electrons. The van der Waals surface area contributed by atoms with E-state index in [1.165, 1.54) is 12.3 Å². The van der Waals surface area contributed by atoms with Gasteiger partial charge in [0.15, 0.2) is 5.76 Å². The molecule has 0 bridgehead atoms. The third kappa shape index (κ3) is 2.65. The average Bonchev–Trinajstić information content (AvgIpc) is 3.08. The van der Waals surface area contributed by atoms with Crippen molar-refractivity contribution in [1.29, 1.82) is 0 Å². The first kappa shape index (κ1) is 12.7. The van der Waals surface area contributed by atoms with Crippen LogP contribution in [0.5, 0.6) is 0 Å². The van der Waals surface area contributed by atoms with Crippen molar-refractivity contribution in [3.63, 3.8) is 0 Å². The highest BCUT2D eigenvalue weighted by atomic mass is 35.5. The molecular formula is C13H9ClFN3O2. The van der Waals surface area contributed by atoms with Gasteiger partial charge in [-0.25, -0.2) is 4.39 Å². The maximum atomic E-state index is 13.6. The van der Waals surface area contributed by atoms with Gasteiger partial charge in [0.05, 0.1) is 18.5 Å². The first-order valence-electron chi connectivity index (χ1n) is 5.78. The topological polar surface area (TPSA) is 64.1 Å². The molecule has 0 saturated heterocycles. The molecule has 0 atom stereocenters. The van der Waals surface area contributed by atoms with Crippen molar-refractivity contribution in [3.8, 4) is 11.6 Å². The number of aromatic nitrogens is 2. The number of halogens is 2. The van der Waals surface area contributed by atoms with E-state index >= 15 is 0 Å². The molecule has 2 heterocycles. The van der Waals surface area contributed by atoms with Crippen molar-refractivity contribution in [1.82, 2.24) is 10.1 Å². The zero-order valence-corrected chi connectivity index (χ0v) is 10.9. The number of hydrogen-bond donors (Lipinski definition) is 1. The summed E-state index contributed by atoms with van der Waals surface area (Å²) in [5.41, 5.74) is 0.312. The fourth-order valence-electron chi connectivity index (χ4n) is 1.64. The number of furan rings is 1. The zero-order chi connectivity index (χ0) is 13.9. The van der Waals surface area contributed by atoms with E-state index in [0.717, 1.165) is 0 Å². The van der Waals surface area contributed by atoms with E-state index < -0.39 is 5.82 Å². The van der Waals surface area contributed by atoms with Gasteiger partial charge in [-0.05, 0) is 30.3 Å². The number of nitrogens with zero attached hydrogens (tertiary/aromatic N) is 2. The van der Waals surface area contributed by atoms with Crippen molar-refractivity contribution >= 4 is 17.3 Å². The Bertz CT molecular complexity index is 712. The van der Waals surface area contributed by atoms with Gasteiger partial charge in [0, 0.05) is 5.02 Å². The number of hydrogen-bond acceptors (Lipinski definition) is 5. The Labute approximate surface area is 118 Å². The van der Waals surface area contributed by atoms with Gasteiger partial charge in [-0.3, -0.25) is 0 Å². The number of benzene rings is 1. The van der Waals surface area contributed by atoms with Crippen LogP contribution in [0.4, 0.5) is 10.1 Å². The van der Waals surface area contributed by atoms with E-state index in [0.29, 0.717) is 28.2 Å². The Hall–Kier alpha value is -2.34. The second-order valence-electron chi connectivity index (χ2n) is 3.97. The van der Waals surface area contributed by atoms with E-state index in [2.05, 4.69) is 15.5 Å². The lowest BCUT2D eigenvalue weighted by molar-refractivity contribution is 0.382. The van der Waals surface area contributed by atoms with E-state index in [4.69, 9.17) is 20.5 Å². The summed E-state index contributed by atoms with van der Waals surface area (Å²) in [5, 5.41) is 6.97. The number of anilines is 1. The molecule has 0 unspecified atom stereocenters. The van der Waals surface area contributed by atoms with Gasteiger partial charge in [0.1, 0.15) is 5.82 Å². The lowest BCUT2D eigenvalue weighted by Gasteiger charge is -2.04. The van der Waals surface area contributed by atoms with Crippen LogP contribution in [0.15, 0.2) is 45.5 Å². The molecule has 0 aliphatic heterocycles. The quantitative estimate of drug-likeness (QED) is 0.794. The molecule has 3 aromatic rings. The smallest absolute Gasteiger partial charge is 0.246 e. The molecule has 102 valence electrons. The monoisotopic (exact) mass is 293 g/mol. The van der Waals surface area contributed by atoms with Crippen LogP contribution in [0, 0.1) is 5.82 Å². The van der Waals surface area contributed by atoms with Gasteiger partial charge in [0.2, 0.25) is 11.7 Å². The highest BCUT2D eigenvalue weighted by Gasteiger charge is 2.11. The molecule has 20 heavy (non-hydrogen) atoms. The molecular weight excluding hydrogens is 285 g/mol. The fourth-order valence-corrected chi connectivity index (χ4v) is 1.80. The summed E-state index contributed by atoms with van der Waals surface area (Å²) in [4.78, 5) is 4.13. The third-order valence-corrected chi connectivity index (χ3v) is 2.81. The minimum atomic E-state index is -0.441. The molecule has 1 aromatic carbocycles. The second-order valence-corrected chi connectivity index (χ2v) is 4.40. The van der Waals surface area contributed by atoms with Crippen molar-refractivity contribution in [2.75, 3.05) is 5.32 Å². The van der Waals surface area contributed by atoms with Crippen molar-refractivity contribution in [3.05, 3.63) is 53.3 Å². The molecule has 0 aliphatic rings. The maximum Gasteiger partial charge on any atom is 0.246 e. The Balaban J connectivity index is 1.70. The average molecular weight is 294 g/mol. The normalized spacial score (nSPS) is 10.7. The van der Waals surface area contributed by atoms with Gasteiger partial charge in [-0.2, -0.15) is 4.98 Å². The fraction of sp³-hybridized carbons (Fsp3) is 0.0769. The number of nitrogens with one attached hydrogen (secondary N) is 1. The predicted octanol–water partition coefficient (Wildman–Crippen LogP) is 3.73. The summed E-state index contributed by atoms with van der Waals surface area (Å²) in [6.45, 7) is 0.201. The SMILES string of the molecule is Fc1cc(Cl)ccc1NCc1nc(-c2ccco2)no1. The van der Waals surface area contributed by atoms with E-state index in [1.54, 1.807) is 24.3 Å². The summed E-state index contributed by atoms with van der Waals surface area (Å²) in [6.07, 6.45) is 1.52. The molecule has 1 N–H and O–H groups in total. The van der Waals surface area contributed by atoms with Crippen LogP contribution in [0.2, 0.25) is 5.02 Å². The minimum absolute atomic E-state index is 0.201. The summed E-state index contributed by atoms with van der Waals surface area (Å²) in [7, 11) is 0. The van der Waals surface area contributed by atoms with Gasteiger partial charge >= 0.3 is 0 Å². The van der Waals surface area contributed by atoms with E-state index in [-0.39, 0.29) is 6.54 Å². The minimum Gasteiger partial charge on any atom is -0.461 e. The molecule has 5 nitrogen and oxygen atoms in total. The van der Waals surface area contributed by atoms with Crippen LogP contribution in [-0.4, -0.2) is 10.1 Å². The standard InChI is InChI=1S/C13H9ClFN3O2/c14-8-3-4-10(9(15)6-8)16-7-12-17-13(18-20-12)11-2-1-5-19-11/h1-6,16H,7H2. The Morgan fingerprint density at radius 2 is 2.20 bits per heavy atom. The summed E-state index contributed by atoms with van der Waals surface area (Å²) in [5.74, 6) is 0.745. The molecule has 3 rings (SSSR count). The van der Waals surface area contributed by atoms with Crippen molar-refractivity contribution < 1.29 is 13.3 Å². The first-order valence-corrected chi connectivity index (χ1v) is 6.15. The molecule has 0 fully saturated rings. The number of rotatable bonds is 4. The highest BCUT2D eigenvalue weighted by Crippen LogP contribution is 2.20. The molecule has 0 saturated carbocycles. The van der Waals surface area contributed by atoms with Crippen molar-refractivity contribution in [2.24, 2.45) is 0 Å². The van der Waals surface area contributed by atoms with Crippen LogP contribution >= 0.6 is 11.6 Å². The van der Waals surface area contributed by atoms with E-state index in [9.17, 15) is 4.39 Å².